The third-order valence-corrected chi connectivity index (χ3v) is 16.4. The third-order valence-electron chi connectivity index (χ3n) is 16.4. The summed E-state index contributed by atoms with van der Waals surface area (Å²) in [6.07, 6.45) is 1.79. The summed E-state index contributed by atoms with van der Waals surface area (Å²) in [6.45, 7) is 25.2. The number of aryl methyl sites for hydroxylation is 6. The highest BCUT2D eigenvalue weighted by atomic mass is 79.9. The highest BCUT2D eigenvalue weighted by Gasteiger charge is 2.28. The Morgan fingerprint density at radius 2 is 0.756 bits per heavy atom. The summed E-state index contributed by atoms with van der Waals surface area (Å²) >= 11 is 0. The highest BCUT2D eigenvalue weighted by molar-refractivity contribution is 5.83. The van der Waals surface area contributed by atoms with Crippen molar-refractivity contribution in [2.24, 2.45) is 0 Å². The average Bonchev–Trinajstić information content (AvgIpc) is 0.845. The van der Waals surface area contributed by atoms with Gasteiger partial charge in [-0.2, -0.15) is 15.0 Å². The van der Waals surface area contributed by atoms with Crippen LogP contribution in [0.3, 0.4) is 0 Å². The van der Waals surface area contributed by atoms with E-state index in [9.17, 15) is 28.8 Å². The molecule has 0 saturated carbocycles. The number of rotatable bonds is 19. The Balaban J connectivity index is 0.000000289. The fourth-order valence-electron chi connectivity index (χ4n) is 10.4. The second kappa shape index (κ2) is 30.5. The predicted octanol–water partition coefficient (Wildman–Crippen LogP) is -4.49. The SMILES string of the molecule is CCCn1c(=O)nc2n(CC[N+](C)(C)CCC)c3cc(C)c(C)cc3nc-2c1=O.Cc1cc2nc3c(=O)[nH]c(=O)nc-3n(CCN(C)C)c2cc1C.Cc1cc2nc3c(=O)n(CC[N+](C)(C)C)c(=O)nc-3n(CC[N+](C)(C)CC[N+](C)(C)C)c2cc1C.[Br-].[Br-].[Br-]. The summed E-state index contributed by atoms with van der Waals surface area (Å²) in [7, 11) is 25.5. The number of aromatic amines is 1. The van der Waals surface area contributed by atoms with E-state index in [2.05, 4.69) is 112 Å². The minimum Gasteiger partial charge on any atom is -1.00 e. The van der Waals surface area contributed by atoms with Gasteiger partial charge < -0.3 is 87.5 Å². The molecule has 0 spiro atoms. The lowest BCUT2D eigenvalue weighted by Crippen LogP contribution is -3.00. The Hall–Kier alpha value is -6.26. The van der Waals surface area contributed by atoms with Gasteiger partial charge in [0.25, 0.3) is 16.7 Å². The van der Waals surface area contributed by atoms with Gasteiger partial charge >= 0.3 is 17.1 Å². The van der Waals surface area contributed by atoms with E-state index in [-0.39, 0.29) is 79.1 Å². The number of quaternary nitrogens is 4. The molecule has 492 valence electrons. The first-order valence-corrected chi connectivity index (χ1v) is 30.2. The molecular formula is C64H95Br3N17O6+. The quantitative estimate of drug-likeness (QED) is 0.0597. The molecule has 90 heavy (non-hydrogen) atoms. The lowest BCUT2D eigenvalue weighted by molar-refractivity contribution is -0.937. The summed E-state index contributed by atoms with van der Waals surface area (Å²) in [6, 6.07) is 12.2. The first-order chi connectivity index (χ1) is 40.5. The van der Waals surface area contributed by atoms with E-state index in [4.69, 9.17) is 4.98 Å². The topological polar surface area (TPSA) is 223 Å². The van der Waals surface area contributed by atoms with E-state index in [1.807, 2.05) is 113 Å². The molecule has 0 bridgehead atoms. The van der Waals surface area contributed by atoms with Crippen molar-refractivity contribution in [1.29, 1.82) is 0 Å². The van der Waals surface area contributed by atoms with E-state index in [0.29, 0.717) is 67.6 Å². The standard InChI is InChI=1S/C26H44N7O2.C22H32N5O2.C16H19N5O2.3BrH/c1-19-17-21-22(18-20(19)2)29(12-14-33(9,10)16-15-32(6,7)8)24-23(27-21)25(34)30(26(35)28-24)11-13-31(3,4)5;1-7-9-26-21(28)19-20(24-22(26)29)25(10-12-27(5,6)11-8-2)18-14-16(4)15(3)13-17(18)23-19;1-9-7-11-12(8-10(9)2)21(6-5-20(3)4)14-13(17-11)15(22)19-16(23)18-14;;;/h17-18H,11-16H2,1-10H3;13-14H,7-12H2,1-6H3;7-8H,5-6H2,1-4H3,(H,19,22,23);3*1H/q+3;+1;;;;/p-3. The lowest BCUT2D eigenvalue weighted by Gasteiger charge is -2.34. The zero-order valence-electron chi connectivity index (χ0n) is 56.6. The molecule has 3 aromatic carbocycles. The molecule has 6 aliphatic heterocycles. The van der Waals surface area contributed by atoms with Crippen LogP contribution in [-0.4, -0.2) is 211 Å². The number of nitrogens with one attached hydrogen (secondary N) is 1. The Morgan fingerprint density at radius 3 is 1.14 bits per heavy atom. The van der Waals surface area contributed by atoms with Crippen LogP contribution in [0, 0.1) is 41.5 Å². The van der Waals surface area contributed by atoms with E-state index < -0.39 is 22.6 Å². The van der Waals surface area contributed by atoms with Crippen LogP contribution in [0.1, 0.15) is 60.1 Å². The Labute approximate surface area is 559 Å². The van der Waals surface area contributed by atoms with E-state index in [1.54, 1.807) is 0 Å². The zero-order chi connectivity index (χ0) is 64.4. The molecule has 0 aliphatic carbocycles. The molecule has 0 aromatic heterocycles. The number of likely N-dealkylation sites (N-methyl/N-ethyl adjacent to an activating group) is 5. The maximum Gasteiger partial charge on any atom is 0.352 e. The van der Waals surface area contributed by atoms with Gasteiger partial charge in [0.1, 0.15) is 13.1 Å². The number of benzene rings is 3. The van der Waals surface area contributed by atoms with Crippen molar-refractivity contribution in [1.82, 2.24) is 62.6 Å². The molecule has 6 heterocycles. The fraction of sp³-hybridized carbons (Fsp3) is 0.531. The predicted molar refractivity (Wildman–Crippen MR) is 347 cm³/mol. The summed E-state index contributed by atoms with van der Waals surface area (Å²) in [5.41, 5.74) is 9.59. The molecule has 26 heteroatoms. The minimum atomic E-state index is -0.647. The van der Waals surface area contributed by atoms with Crippen LogP contribution >= 0.6 is 0 Å². The van der Waals surface area contributed by atoms with Crippen molar-refractivity contribution in [3.63, 3.8) is 0 Å². The molecular weight excluding hydrogens is 1340 g/mol. The van der Waals surface area contributed by atoms with E-state index >= 15 is 0 Å². The second-order valence-electron chi connectivity index (χ2n) is 27.3. The minimum absolute atomic E-state index is 0. The molecule has 0 radical (unpaired) electrons. The van der Waals surface area contributed by atoms with Crippen LogP contribution in [0.15, 0.2) is 65.2 Å². The van der Waals surface area contributed by atoms with Crippen LogP contribution in [-0.2, 0) is 32.7 Å². The van der Waals surface area contributed by atoms with Gasteiger partial charge in [-0.15, -0.1) is 0 Å². The van der Waals surface area contributed by atoms with Crippen LogP contribution in [0.25, 0.3) is 67.7 Å². The van der Waals surface area contributed by atoms with Crippen molar-refractivity contribution in [3.8, 4) is 34.6 Å². The normalized spacial score (nSPS) is 12.1. The fourth-order valence-corrected chi connectivity index (χ4v) is 10.4. The molecule has 1 N–H and O–H groups in total. The van der Waals surface area contributed by atoms with Gasteiger partial charge in [0, 0.05) is 19.6 Å². The van der Waals surface area contributed by atoms with Crippen LogP contribution in [0.2, 0.25) is 0 Å². The van der Waals surface area contributed by atoms with Crippen molar-refractivity contribution >= 4 is 33.1 Å². The molecule has 0 unspecified atom stereocenters. The first kappa shape index (κ1) is 76.2. The maximum absolute atomic E-state index is 13.5. The number of aromatic nitrogens is 12. The van der Waals surface area contributed by atoms with Gasteiger partial charge in [0.2, 0.25) is 0 Å². The molecule has 0 atom stereocenters. The van der Waals surface area contributed by atoms with Crippen LogP contribution in [0.4, 0.5) is 0 Å². The zero-order valence-corrected chi connectivity index (χ0v) is 61.4. The van der Waals surface area contributed by atoms with Gasteiger partial charge in [-0.3, -0.25) is 28.5 Å². The van der Waals surface area contributed by atoms with Gasteiger partial charge in [-0.25, -0.2) is 29.3 Å². The Morgan fingerprint density at radius 1 is 0.400 bits per heavy atom. The number of hydrogen-bond donors (Lipinski definition) is 1. The Bertz CT molecular complexity index is 4280. The van der Waals surface area contributed by atoms with Gasteiger partial charge in [-0.1, -0.05) is 13.8 Å². The molecule has 9 rings (SSSR count). The molecule has 0 fully saturated rings. The first-order valence-electron chi connectivity index (χ1n) is 30.2. The number of halogens is 3. The van der Waals surface area contributed by atoms with Gasteiger partial charge in [0.05, 0.1) is 149 Å². The third kappa shape index (κ3) is 18.3. The summed E-state index contributed by atoms with van der Waals surface area (Å²) < 4.78 is 11.6. The van der Waals surface area contributed by atoms with Crippen molar-refractivity contribution in [3.05, 3.63) is 132 Å². The lowest BCUT2D eigenvalue weighted by atomic mass is 10.1. The van der Waals surface area contributed by atoms with Gasteiger partial charge in [0.15, 0.2) is 34.6 Å². The number of fused-ring (bicyclic) bond motifs is 6. The van der Waals surface area contributed by atoms with Crippen LogP contribution < -0.4 is 84.7 Å². The van der Waals surface area contributed by atoms with Crippen molar-refractivity contribution in [2.45, 2.75) is 101 Å². The number of H-pyrrole nitrogens is 1. The largest absolute Gasteiger partial charge is 1.00 e. The van der Waals surface area contributed by atoms with Gasteiger partial charge in [-0.05, 0) is 138 Å². The highest BCUT2D eigenvalue weighted by Crippen LogP contribution is 2.27. The molecule has 0 amide bonds. The molecule has 0 saturated heterocycles. The monoisotopic (exact) mass is 1430 g/mol. The molecule has 3 aromatic rings. The smallest absolute Gasteiger partial charge is 0.352 e. The number of hydrogen-bond acceptors (Lipinski definition) is 13. The van der Waals surface area contributed by atoms with E-state index in [0.717, 1.165) is 126 Å². The number of nitrogens with zero attached hydrogens (tertiary/aromatic N) is 16. The summed E-state index contributed by atoms with van der Waals surface area (Å²) in [4.78, 5) is 107. The summed E-state index contributed by atoms with van der Waals surface area (Å²) in [5.74, 6) is 1.10. The van der Waals surface area contributed by atoms with Crippen molar-refractivity contribution < 1.29 is 68.9 Å². The maximum atomic E-state index is 13.5. The second-order valence-corrected chi connectivity index (χ2v) is 27.3. The Kier molecular flexibility index (Phi) is 25.8. The average molecular weight is 1440 g/mol. The van der Waals surface area contributed by atoms with E-state index in [1.165, 1.54) is 9.13 Å². The van der Waals surface area contributed by atoms with Crippen molar-refractivity contribution in [2.75, 3.05) is 130 Å². The summed E-state index contributed by atoms with van der Waals surface area (Å²) in [5, 5.41) is 0. The molecule has 6 aliphatic rings. The molecule has 23 nitrogen and oxygen atoms in total. The van der Waals surface area contributed by atoms with Crippen LogP contribution in [0.5, 0.6) is 0 Å².